The Labute approximate surface area is 145 Å². The molecule has 0 atom stereocenters. The minimum Gasteiger partial charge on any atom is -0.355 e. The monoisotopic (exact) mass is 333 g/mol. The molecular weight excluding hydrogens is 302 g/mol. The van der Waals surface area contributed by atoms with Crippen molar-refractivity contribution < 1.29 is 0 Å². The number of aliphatic imine (C=N–C) groups is 1. The highest BCUT2D eigenvalue weighted by molar-refractivity contribution is 5.80. The van der Waals surface area contributed by atoms with Crippen LogP contribution in [0.4, 0.5) is 5.95 Å². The fourth-order valence-electron chi connectivity index (χ4n) is 2.80. The average molecular weight is 333 g/mol. The Morgan fingerprint density at radius 2 is 1.92 bits per heavy atom. The largest absolute Gasteiger partial charge is 0.355 e. The van der Waals surface area contributed by atoms with Crippen LogP contribution in [-0.4, -0.2) is 85.6 Å². The molecule has 1 aliphatic rings. The van der Waals surface area contributed by atoms with Crippen molar-refractivity contribution in [3.63, 3.8) is 0 Å². The van der Waals surface area contributed by atoms with Gasteiger partial charge in [0.25, 0.3) is 0 Å². The molecule has 0 saturated carbocycles. The second kappa shape index (κ2) is 10.1. The van der Waals surface area contributed by atoms with Crippen LogP contribution in [0.1, 0.15) is 19.8 Å². The highest BCUT2D eigenvalue weighted by Gasteiger charge is 2.20. The van der Waals surface area contributed by atoms with Crippen LogP contribution in [0.15, 0.2) is 23.5 Å². The Bertz CT molecular complexity index is 483. The van der Waals surface area contributed by atoms with Crippen molar-refractivity contribution in [2.45, 2.75) is 19.8 Å². The molecule has 1 aromatic heterocycles. The van der Waals surface area contributed by atoms with E-state index in [-0.39, 0.29) is 0 Å². The fourth-order valence-corrected chi connectivity index (χ4v) is 2.80. The summed E-state index contributed by atoms with van der Waals surface area (Å²) >= 11 is 0. The molecule has 2 rings (SSSR count). The van der Waals surface area contributed by atoms with Crippen LogP contribution in [-0.2, 0) is 0 Å². The summed E-state index contributed by atoms with van der Waals surface area (Å²) in [4.78, 5) is 20.0. The van der Waals surface area contributed by atoms with Crippen molar-refractivity contribution in [1.29, 1.82) is 0 Å². The summed E-state index contributed by atoms with van der Waals surface area (Å²) in [6, 6.07) is 1.85. The molecule has 0 spiro atoms. The van der Waals surface area contributed by atoms with Gasteiger partial charge < -0.3 is 20.0 Å². The van der Waals surface area contributed by atoms with E-state index in [2.05, 4.69) is 48.9 Å². The maximum atomic E-state index is 4.43. The quantitative estimate of drug-likeness (QED) is 0.591. The minimum atomic E-state index is 0.817. The van der Waals surface area contributed by atoms with Crippen LogP contribution in [0.5, 0.6) is 0 Å². The van der Waals surface area contributed by atoms with Gasteiger partial charge in [0.05, 0.1) is 0 Å². The lowest BCUT2D eigenvalue weighted by Crippen LogP contribution is -2.53. The molecule has 0 unspecified atom stereocenters. The first kappa shape index (κ1) is 18.4. The molecule has 0 bridgehead atoms. The first-order valence-electron chi connectivity index (χ1n) is 8.90. The summed E-state index contributed by atoms with van der Waals surface area (Å²) in [5.41, 5.74) is 0. The molecule has 1 saturated heterocycles. The number of anilines is 1. The van der Waals surface area contributed by atoms with Gasteiger partial charge >= 0.3 is 0 Å². The Morgan fingerprint density at radius 1 is 1.21 bits per heavy atom. The average Bonchev–Trinajstić information content (AvgIpc) is 2.64. The van der Waals surface area contributed by atoms with Crippen molar-refractivity contribution in [3.8, 4) is 0 Å². The molecule has 7 nitrogen and oxygen atoms in total. The van der Waals surface area contributed by atoms with Gasteiger partial charge in [-0.1, -0.05) is 13.3 Å². The summed E-state index contributed by atoms with van der Waals surface area (Å²) in [5.74, 6) is 1.81. The molecule has 24 heavy (non-hydrogen) atoms. The number of nitrogens with one attached hydrogen (secondary N) is 1. The molecule has 1 aromatic rings. The van der Waals surface area contributed by atoms with Crippen LogP contribution in [0.25, 0.3) is 0 Å². The first-order valence-corrected chi connectivity index (χ1v) is 8.90. The van der Waals surface area contributed by atoms with E-state index in [9.17, 15) is 0 Å². The lowest BCUT2D eigenvalue weighted by molar-refractivity contribution is 0.325. The third-order valence-electron chi connectivity index (χ3n) is 4.30. The smallest absolute Gasteiger partial charge is 0.225 e. The first-order chi connectivity index (χ1) is 11.7. The summed E-state index contributed by atoms with van der Waals surface area (Å²) < 4.78 is 0. The van der Waals surface area contributed by atoms with Crippen molar-refractivity contribution in [2.24, 2.45) is 4.99 Å². The number of aromatic nitrogens is 2. The van der Waals surface area contributed by atoms with Gasteiger partial charge in [0.2, 0.25) is 5.95 Å². The van der Waals surface area contributed by atoms with Gasteiger partial charge in [-0.3, -0.25) is 4.99 Å². The van der Waals surface area contributed by atoms with Gasteiger partial charge in [0.15, 0.2) is 5.96 Å². The van der Waals surface area contributed by atoms with Crippen molar-refractivity contribution in [3.05, 3.63) is 18.5 Å². The lowest BCUT2D eigenvalue weighted by atomic mass is 10.3. The molecule has 2 heterocycles. The van der Waals surface area contributed by atoms with Gasteiger partial charge in [0, 0.05) is 58.7 Å². The van der Waals surface area contributed by atoms with E-state index in [0.29, 0.717) is 0 Å². The summed E-state index contributed by atoms with van der Waals surface area (Å²) in [5, 5.41) is 3.49. The maximum Gasteiger partial charge on any atom is 0.225 e. The van der Waals surface area contributed by atoms with Crippen LogP contribution >= 0.6 is 0 Å². The topological polar surface area (TPSA) is 59.9 Å². The zero-order chi connectivity index (χ0) is 17.2. The SMILES string of the molecule is CCCCN(C)CCNC(=NC)N1CCN(c2ncccn2)CC1. The van der Waals surface area contributed by atoms with E-state index in [1.807, 2.05) is 13.1 Å². The van der Waals surface area contributed by atoms with Gasteiger partial charge in [-0.05, 0) is 26.1 Å². The Kier molecular flexibility index (Phi) is 7.74. The van der Waals surface area contributed by atoms with E-state index < -0.39 is 0 Å². The summed E-state index contributed by atoms with van der Waals surface area (Å²) in [6.07, 6.45) is 6.10. The highest BCUT2D eigenvalue weighted by Crippen LogP contribution is 2.09. The van der Waals surface area contributed by atoms with E-state index in [1.54, 1.807) is 12.4 Å². The summed E-state index contributed by atoms with van der Waals surface area (Å²) in [6.45, 7) is 9.06. The number of nitrogens with zero attached hydrogens (tertiary/aromatic N) is 6. The van der Waals surface area contributed by atoms with Gasteiger partial charge in [-0.15, -0.1) is 0 Å². The standard InChI is InChI=1S/C17H31N7/c1-4-5-10-22(3)11-9-21-16(18-2)23-12-14-24(15-13-23)17-19-7-6-8-20-17/h6-8H,4-5,9-15H2,1-3H3,(H,18,21). The predicted molar refractivity (Wildman–Crippen MR) is 99.6 cm³/mol. The molecule has 1 aliphatic heterocycles. The third kappa shape index (κ3) is 5.63. The lowest BCUT2D eigenvalue weighted by Gasteiger charge is -2.36. The zero-order valence-corrected chi connectivity index (χ0v) is 15.3. The van der Waals surface area contributed by atoms with Gasteiger partial charge in [-0.25, -0.2) is 9.97 Å². The van der Waals surface area contributed by atoms with E-state index in [1.165, 1.54) is 12.8 Å². The molecule has 0 amide bonds. The molecule has 1 fully saturated rings. The van der Waals surface area contributed by atoms with Gasteiger partial charge in [-0.2, -0.15) is 0 Å². The number of piperazine rings is 1. The van der Waals surface area contributed by atoms with E-state index in [4.69, 9.17) is 0 Å². The van der Waals surface area contributed by atoms with Crippen molar-refractivity contribution in [1.82, 2.24) is 25.1 Å². The Balaban J connectivity index is 1.73. The van der Waals surface area contributed by atoms with Crippen LogP contribution < -0.4 is 10.2 Å². The molecular formula is C17H31N7. The normalized spacial score (nSPS) is 15.9. The Morgan fingerprint density at radius 3 is 2.54 bits per heavy atom. The third-order valence-corrected chi connectivity index (χ3v) is 4.30. The molecule has 0 aliphatic carbocycles. The fraction of sp³-hybridized carbons (Fsp3) is 0.706. The maximum absolute atomic E-state index is 4.43. The minimum absolute atomic E-state index is 0.817. The summed E-state index contributed by atoms with van der Waals surface area (Å²) in [7, 11) is 4.04. The number of hydrogen-bond acceptors (Lipinski definition) is 5. The van der Waals surface area contributed by atoms with Crippen LogP contribution in [0.3, 0.4) is 0 Å². The number of likely N-dealkylation sites (N-methyl/N-ethyl adjacent to an activating group) is 1. The molecule has 0 radical (unpaired) electrons. The van der Waals surface area contributed by atoms with Crippen LogP contribution in [0, 0.1) is 0 Å². The molecule has 134 valence electrons. The highest BCUT2D eigenvalue weighted by atomic mass is 15.4. The Hall–Kier alpha value is -1.89. The second-order valence-corrected chi connectivity index (χ2v) is 6.15. The number of hydrogen-bond donors (Lipinski definition) is 1. The van der Waals surface area contributed by atoms with Crippen LogP contribution in [0.2, 0.25) is 0 Å². The molecule has 1 N–H and O–H groups in total. The van der Waals surface area contributed by atoms with Crippen molar-refractivity contribution >= 4 is 11.9 Å². The zero-order valence-electron chi connectivity index (χ0n) is 15.3. The van der Waals surface area contributed by atoms with E-state index >= 15 is 0 Å². The second-order valence-electron chi connectivity index (χ2n) is 6.15. The number of unbranched alkanes of at least 4 members (excludes halogenated alkanes) is 1. The molecule has 7 heteroatoms. The van der Waals surface area contributed by atoms with Gasteiger partial charge in [0.1, 0.15) is 0 Å². The predicted octanol–water partition coefficient (Wildman–Crippen LogP) is 0.906. The molecule has 0 aromatic carbocycles. The number of guanidine groups is 1. The number of rotatable bonds is 7. The van der Waals surface area contributed by atoms with E-state index in [0.717, 1.165) is 57.7 Å². The van der Waals surface area contributed by atoms with Crippen molar-refractivity contribution in [2.75, 3.05) is 64.8 Å².